The number of hydrogen-bond donors (Lipinski definition) is 2. The van der Waals surface area contributed by atoms with Crippen LogP contribution in [0.3, 0.4) is 0 Å². The zero-order chi connectivity index (χ0) is 19.8. The third-order valence-electron chi connectivity index (χ3n) is 5.64. The molecule has 3 aliphatic heterocycles. The summed E-state index contributed by atoms with van der Waals surface area (Å²) in [5.74, 6) is 1.67. The molecule has 0 aliphatic carbocycles. The van der Waals surface area contributed by atoms with Gasteiger partial charge in [0.15, 0.2) is 5.82 Å². The van der Waals surface area contributed by atoms with E-state index in [9.17, 15) is 4.79 Å². The first kappa shape index (κ1) is 18.3. The Labute approximate surface area is 169 Å². The van der Waals surface area contributed by atoms with Gasteiger partial charge in [-0.2, -0.15) is 0 Å². The number of nitrogens with one attached hydrogen (secondary N) is 2. The molecule has 2 aromatic rings. The number of benzene rings is 1. The number of nitrogens with zero attached hydrogens (tertiary/aromatic N) is 3. The van der Waals surface area contributed by atoms with E-state index in [1.54, 1.807) is 0 Å². The molecule has 5 rings (SSSR count). The van der Waals surface area contributed by atoms with Gasteiger partial charge in [0, 0.05) is 36.4 Å². The van der Waals surface area contributed by atoms with Gasteiger partial charge in [-0.15, -0.1) is 0 Å². The molecule has 2 amide bonds. The highest BCUT2D eigenvalue weighted by Crippen LogP contribution is 2.35. The van der Waals surface area contributed by atoms with Crippen molar-refractivity contribution in [2.24, 2.45) is 0 Å². The second-order valence-corrected chi connectivity index (χ2v) is 7.71. The van der Waals surface area contributed by atoms with E-state index in [1.165, 1.54) is 0 Å². The van der Waals surface area contributed by atoms with Crippen molar-refractivity contribution in [1.29, 1.82) is 0 Å². The highest BCUT2D eigenvalue weighted by atomic mass is 16.5. The summed E-state index contributed by atoms with van der Waals surface area (Å²) in [6, 6.07) is 7.39. The standard InChI is InChI=1S/C21H25N5O3/c1-2-22-21(27)23-14-5-3-13(4-6-14)19-24-18-12-28-11-17(18)20(25-19)26-9-15-7-8-16(10-26)29-15/h3-6,15-16H,2,7-12H2,1H3,(H2,22,23,27). The maximum absolute atomic E-state index is 11.7. The Morgan fingerprint density at radius 3 is 2.62 bits per heavy atom. The third-order valence-corrected chi connectivity index (χ3v) is 5.64. The number of fused-ring (bicyclic) bond motifs is 3. The lowest BCUT2D eigenvalue weighted by atomic mass is 10.1. The minimum absolute atomic E-state index is 0.213. The number of ether oxygens (including phenoxy) is 2. The van der Waals surface area contributed by atoms with Crippen LogP contribution >= 0.6 is 0 Å². The molecule has 3 aliphatic rings. The van der Waals surface area contributed by atoms with Crippen LogP contribution in [0.4, 0.5) is 16.3 Å². The van der Waals surface area contributed by atoms with Gasteiger partial charge in [-0.1, -0.05) is 0 Å². The van der Waals surface area contributed by atoms with Gasteiger partial charge in [0.25, 0.3) is 0 Å². The summed E-state index contributed by atoms with van der Waals surface area (Å²) in [4.78, 5) is 23.7. The molecule has 152 valence electrons. The van der Waals surface area contributed by atoms with Crippen LogP contribution in [0.15, 0.2) is 24.3 Å². The Balaban J connectivity index is 1.43. The maximum atomic E-state index is 11.7. The summed E-state index contributed by atoms with van der Waals surface area (Å²) in [5, 5.41) is 5.53. The normalized spacial score (nSPS) is 22.4. The van der Waals surface area contributed by atoms with Gasteiger partial charge in [-0.05, 0) is 44.0 Å². The van der Waals surface area contributed by atoms with Crippen molar-refractivity contribution >= 4 is 17.5 Å². The minimum Gasteiger partial charge on any atom is -0.371 e. The molecule has 0 saturated carbocycles. The van der Waals surface area contributed by atoms with Crippen molar-refractivity contribution in [2.45, 2.75) is 45.2 Å². The van der Waals surface area contributed by atoms with Crippen LogP contribution in [0.2, 0.25) is 0 Å². The fourth-order valence-corrected chi connectivity index (χ4v) is 4.25. The lowest BCUT2D eigenvalue weighted by Crippen LogP contribution is -2.43. The van der Waals surface area contributed by atoms with Gasteiger partial charge < -0.3 is 25.0 Å². The van der Waals surface area contributed by atoms with Gasteiger partial charge in [0.05, 0.1) is 31.1 Å². The Morgan fingerprint density at radius 2 is 1.90 bits per heavy atom. The SMILES string of the molecule is CCNC(=O)Nc1ccc(-c2nc3c(c(N4CC5CCC(C4)O5)n2)COC3)cc1. The van der Waals surface area contributed by atoms with Crippen molar-refractivity contribution in [1.82, 2.24) is 15.3 Å². The average Bonchev–Trinajstić information content (AvgIpc) is 3.33. The van der Waals surface area contributed by atoms with Gasteiger partial charge in [-0.25, -0.2) is 14.8 Å². The number of hydrogen-bond acceptors (Lipinski definition) is 6. The van der Waals surface area contributed by atoms with E-state index in [0.717, 1.165) is 54.3 Å². The van der Waals surface area contributed by atoms with E-state index < -0.39 is 0 Å². The number of urea groups is 1. The molecule has 0 spiro atoms. The van der Waals surface area contributed by atoms with E-state index in [0.29, 0.717) is 37.8 Å². The molecule has 4 heterocycles. The number of anilines is 2. The summed E-state index contributed by atoms with van der Waals surface area (Å²) in [7, 11) is 0. The Morgan fingerprint density at radius 1 is 1.14 bits per heavy atom. The molecule has 8 heteroatoms. The maximum Gasteiger partial charge on any atom is 0.319 e. The quantitative estimate of drug-likeness (QED) is 0.828. The summed E-state index contributed by atoms with van der Waals surface area (Å²) >= 11 is 0. The second-order valence-electron chi connectivity index (χ2n) is 7.71. The van der Waals surface area contributed by atoms with E-state index in [4.69, 9.17) is 19.4 Å². The molecule has 2 fully saturated rings. The van der Waals surface area contributed by atoms with Gasteiger partial charge in [0.2, 0.25) is 0 Å². The van der Waals surface area contributed by atoms with Crippen molar-refractivity contribution in [3.8, 4) is 11.4 Å². The molecule has 2 unspecified atom stereocenters. The highest BCUT2D eigenvalue weighted by molar-refractivity contribution is 5.89. The summed E-state index contributed by atoms with van der Waals surface area (Å²) in [6.07, 6.45) is 2.84. The van der Waals surface area contributed by atoms with E-state index >= 15 is 0 Å². The first-order valence-electron chi connectivity index (χ1n) is 10.2. The topological polar surface area (TPSA) is 88.6 Å². The molecule has 29 heavy (non-hydrogen) atoms. The van der Waals surface area contributed by atoms with E-state index in [2.05, 4.69) is 15.5 Å². The Bertz CT molecular complexity index is 905. The molecule has 1 aromatic carbocycles. The van der Waals surface area contributed by atoms with Crippen LogP contribution in [0.5, 0.6) is 0 Å². The van der Waals surface area contributed by atoms with Crippen LogP contribution in [0.25, 0.3) is 11.4 Å². The predicted octanol–water partition coefficient (Wildman–Crippen LogP) is 2.68. The Kier molecular flexibility index (Phi) is 4.81. The molecule has 2 N–H and O–H groups in total. The molecule has 0 radical (unpaired) electrons. The van der Waals surface area contributed by atoms with Crippen molar-refractivity contribution in [3.05, 3.63) is 35.5 Å². The monoisotopic (exact) mass is 395 g/mol. The molecule has 1 aromatic heterocycles. The van der Waals surface area contributed by atoms with Crippen LogP contribution in [-0.4, -0.2) is 47.8 Å². The minimum atomic E-state index is -0.213. The van der Waals surface area contributed by atoms with Crippen LogP contribution in [-0.2, 0) is 22.7 Å². The molecule has 2 saturated heterocycles. The van der Waals surface area contributed by atoms with Gasteiger partial charge in [0.1, 0.15) is 5.82 Å². The van der Waals surface area contributed by atoms with E-state index in [1.807, 2.05) is 31.2 Å². The Hall–Kier alpha value is -2.71. The van der Waals surface area contributed by atoms with Crippen LogP contribution < -0.4 is 15.5 Å². The fraction of sp³-hybridized carbons (Fsp3) is 0.476. The lowest BCUT2D eigenvalue weighted by Gasteiger charge is -2.34. The van der Waals surface area contributed by atoms with Crippen molar-refractivity contribution in [2.75, 3.05) is 29.9 Å². The van der Waals surface area contributed by atoms with Crippen LogP contribution in [0, 0.1) is 0 Å². The molecule has 2 bridgehead atoms. The first-order valence-corrected chi connectivity index (χ1v) is 10.2. The number of rotatable bonds is 4. The van der Waals surface area contributed by atoms with Gasteiger partial charge in [-0.3, -0.25) is 0 Å². The highest BCUT2D eigenvalue weighted by Gasteiger charge is 2.36. The number of carbonyl (C=O) groups is 1. The molecular formula is C21H25N5O3. The third kappa shape index (κ3) is 3.65. The molecular weight excluding hydrogens is 370 g/mol. The van der Waals surface area contributed by atoms with Crippen molar-refractivity contribution in [3.63, 3.8) is 0 Å². The predicted molar refractivity (Wildman–Crippen MR) is 109 cm³/mol. The lowest BCUT2D eigenvalue weighted by molar-refractivity contribution is 0.0301. The zero-order valence-corrected chi connectivity index (χ0v) is 16.5. The number of morpholine rings is 1. The van der Waals surface area contributed by atoms with Gasteiger partial charge >= 0.3 is 6.03 Å². The summed E-state index contributed by atoms with van der Waals surface area (Å²) in [5.41, 5.74) is 3.71. The summed E-state index contributed by atoms with van der Waals surface area (Å²) in [6.45, 7) is 5.29. The zero-order valence-electron chi connectivity index (χ0n) is 16.5. The number of carbonyl (C=O) groups excluding carboxylic acids is 1. The number of aromatic nitrogens is 2. The van der Waals surface area contributed by atoms with Crippen molar-refractivity contribution < 1.29 is 14.3 Å². The van der Waals surface area contributed by atoms with Crippen LogP contribution in [0.1, 0.15) is 31.0 Å². The molecule has 8 nitrogen and oxygen atoms in total. The smallest absolute Gasteiger partial charge is 0.319 e. The largest absolute Gasteiger partial charge is 0.371 e. The first-order chi connectivity index (χ1) is 14.2. The average molecular weight is 395 g/mol. The fourth-order valence-electron chi connectivity index (χ4n) is 4.25. The molecule has 2 atom stereocenters. The van der Waals surface area contributed by atoms with E-state index in [-0.39, 0.29) is 6.03 Å². The second kappa shape index (κ2) is 7.61. The summed E-state index contributed by atoms with van der Waals surface area (Å²) < 4.78 is 11.7. The number of amides is 2.